The van der Waals surface area contributed by atoms with Crippen LogP contribution in [0.25, 0.3) is 11.5 Å². The number of guanidine groups is 1. The zero-order chi connectivity index (χ0) is 19.8. The second-order valence-corrected chi connectivity index (χ2v) is 5.97. The highest BCUT2D eigenvalue weighted by molar-refractivity contribution is 5.79. The van der Waals surface area contributed by atoms with Gasteiger partial charge in [0, 0.05) is 30.8 Å². The Morgan fingerprint density at radius 3 is 2.54 bits per heavy atom. The highest BCUT2D eigenvalue weighted by Crippen LogP contribution is 2.24. The van der Waals surface area contributed by atoms with E-state index in [4.69, 9.17) is 13.9 Å². The number of rotatable bonds is 7. The van der Waals surface area contributed by atoms with Crippen molar-refractivity contribution >= 4 is 5.96 Å². The van der Waals surface area contributed by atoms with E-state index < -0.39 is 0 Å². The molecule has 3 rings (SSSR count). The molecule has 146 valence electrons. The summed E-state index contributed by atoms with van der Waals surface area (Å²) in [6, 6.07) is 15.5. The van der Waals surface area contributed by atoms with Gasteiger partial charge in [0.05, 0.1) is 26.5 Å². The Morgan fingerprint density at radius 2 is 1.82 bits per heavy atom. The van der Waals surface area contributed by atoms with Crippen molar-refractivity contribution in [1.82, 2.24) is 15.6 Å². The quantitative estimate of drug-likeness (QED) is 0.484. The number of hydrogen-bond donors (Lipinski definition) is 2. The van der Waals surface area contributed by atoms with Gasteiger partial charge in [-0.05, 0) is 24.3 Å². The summed E-state index contributed by atoms with van der Waals surface area (Å²) in [5, 5.41) is 6.50. The van der Waals surface area contributed by atoms with Crippen LogP contribution in [0.2, 0.25) is 0 Å². The molecule has 0 spiro atoms. The van der Waals surface area contributed by atoms with Crippen molar-refractivity contribution in [1.29, 1.82) is 0 Å². The Hall–Kier alpha value is -3.48. The minimum absolute atomic E-state index is 0.496. The molecule has 0 unspecified atom stereocenters. The monoisotopic (exact) mass is 380 g/mol. The molecule has 0 aliphatic carbocycles. The molecule has 7 nitrogen and oxygen atoms in total. The van der Waals surface area contributed by atoms with E-state index in [1.807, 2.05) is 48.5 Å². The first-order chi connectivity index (χ1) is 13.7. The van der Waals surface area contributed by atoms with Crippen molar-refractivity contribution in [3.63, 3.8) is 0 Å². The maximum atomic E-state index is 5.56. The van der Waals surface area contributed by atoms with E-state index >= 15 is 0 Å². The smallest absolute Gasteiger partial charge is 0.226 e. The van der Waals surface area contributed by atoms with E-state index in [0.29, 0.717) is 24.9 Å². The molecule has 0 fully saturated rings. The summed E-state index contributed by atoms with van der Waals surface area (Å²) >= 11 is 0. The van der Waals surface area contributed by atoms with Gasteiger partial charge in [-0.1, -0.05) is 18.2 Å². The number of aliphatic imine (C=N–C) groups is 1. The van der Waals surface area contributed by atoms with Crippen LogP contribution in [0.5, 0.6) is 11.5 Å². The number of hydrogen-bond acceptors (Lipinski definition) is 5. The minimum atomic E-state index is 0.496. The van der Waals surface area contributed by atoms with Crippen molar-refractivity contribution in [2.75, 3.05) is 21.3 Å². The van der Waals surface area contributed by atoms with Gasteiger partial charge in [-0.2, -0.15) is 0 Å². The number of benzene rings is 2. The molecule has 2 N–H and O–H groups in total. The lowest BCUT2D eigenvalue weighted by Crippen LogP contribution is -2.36. The normalized spacial score (nSPS) is 11.2. The van der Waals surface area contributed by atoms with Gasteiger partial charge in [-0.25, -0.2) is 4.98 Å². The summed E-state index contributed by atoms with van der Waals surface area (Å²) < 4.78 is 16.2. The summed E-state index contributed by atoms with van der Waals surface area (Å²) in [6.45, 7) is 1.05. The number of methoxy groups -OCH3 is 2. The molecular formula is C21H24N4O3. The lowest BCUT2D eigenvalue weighted by molar-refractivity contribution is 0.390. The summed E-state index contributed by atoms with van der Waals surface area (Å²) in [7, 11) is 4.99. The predicted octanol–water partition coefficient (Wildman–Crippen LogP) is 3.22. The van der Waals surface area contributed by atoms with Gasteiger partial charge in [-0.15, -0.1) is 0 Å². The van der Waals surface area contributed by atoms with Gasteiger partial charge in [0.2, 0.25) is 5.89 Å². The molecule has 0 bridgehead atoms. The van der Waals surface area contributed by atoms with Crippen LogP contribution < -0.4 is 20.1 Å². The topological polar surface area (TPSA) is 80.9 Å². The molecule has 2 aromatic carbocycles. The van der Waals surface area contributed by atoms with Crippen LogP contribution in [-0.4, -0.2) is 32.2 Å². The van der Waals surface area contributed by atoms with Crippen LogP contribution in [-0.2, 0) is 13.1 Å². The number of oxazole rings is 1. The second-order valence-electron chi connectivity index (χ2n) is 5.97. The van der Waals surface area contributed by atoms with Crippen LogP contribution >= 0.6 is 0 Å². The van der Waals surface area contributed by atoms with E-state index in [1.165, 1.54) is 0 Å². The van der Waals surface area contributed by atoms with Gasteiger partial charge in [-0.3, -0.25) is 4.99 Å². The Morgan fingerprint density at radius 1 is 1.04 bits per heavy atom. The molecule has 0 aliphatic heterocycles. The standard InChI is InChI=1S/C21H24N4O3/c1-22-21(23-12-16-9-10-18(26-2)11-19(16)27-3)24-13-17-14-28-20(25-17)15-7-5-4-6-8-15/h4-11,14H,12-13H2,1-3H3,(H2,22,23,24). The zero-order valence-electron chi connectivity index (χ0n) is 16.2. The lowest BCUT2D eigenvalue weighted by atomic mass is 10.2. The summed E-state index contributed by atoms with van der Waals surface area (Å²) in [4.78, 5) is 8.75. The highest BCUT2D eigenvalue weighted by atomic mass is 16.5. The van der Waals surface area contributed by atoms with E-state index in [1.54, 1.807) is 27.5 Å². The third-order valence-corrected chi connectivity index (χ3v) is 4.17. The molecule has 0 radical (unpaired) electrons. The third-order valence-electron chi connectivity index (χ3n) is 4.17. The van der Waals surface area contributed by atoms with Gasteiger partial charge in [0.25, 0.3) is 0 Å². The fourth-order valence-corrected chi connectivity index (χ4v) is 2.67. The van der Waals surface area contributed by atoms with Gasteiger partial charge < -0.3 is 24.5 Å². The van der Waals surface area contributed by atoms with Crippen molar-refractivity contribution in [3.8, 4) is 23.0 Å². The molecule has 0 atom stereocenters. The third kappa shape index (κ3) is 4.82. The van der Waals surface area contributed by atoms with E-state index in [-0.39, 0.29) is 0 Å². The van der Waals surface area contributed by atoms with E-state index in [9.17, 15) is 0 Å². The van der Waals surface area contributed by atoms with Crippen LogP contribution in [0.1, 0.15) is 11.3 Å². The van der Waals surface area contributed by atoms with Crippen LogP contribution in [0.4, 0.5) is 0 Å². The van der Waals surface area contributed by atoms with Crippen molar-refractivity contribution in [2.24, 2.45) is 4.99 Å². The molecule has 0 saturated carbocycles. The van der Waals surface area contributed by atoms with E-state index in [2.05, 4.69) is 20.6 Å². The van der Waals surface area contributed by atoms with Gasteiger partial charge >= 0.3 is 0 Å². The van der Waals surface area contributed by atoms with E-state index in [0.717, 1.165) is 28.3 Å². The molecule has 28 heavy (non-hydrogen) atoms. The van der Waals surface area contributed by atoms with Gasteiger partial charge in [0.1, 0.15) is 17.8 Å². The SMILES string of the molecule is CN=C(NCc1coc(-c2ccccc2)n1)NCc1ccc(OC)cc1OC. The Labute approximate surface area is 164 Å². The largest absolute Gasteiger partial charge is 0.497 e. The first-order valence-electron chi connectivity index (χ1n) is 8.88. The van der Waals surface area contributed by atoms with Crippen LogP contribution in [0.15, 0.2) is 64.2 Å². The van der Waals surface area contributed by atoms with Crippen molar-refractivity contribution < 1.29 is 13.9 Å². The average Bonchev–Trinajstić information content (AvgIpc) is 3.23. The molecule has 0 saturated heterocycles. The molecular weight excluding hydrogens is 356 g/mol. The van der Waals surface area contributed by atoms with Crippen molar-refractivity contribution in [2.45, 2.75) is 13.1 Å². The summed E-state index contributed by atoms with van der Waals surface area (Å²) in [5.41, 5.74) is 2.74. The summed E-state index contributed by atoms with van der Waals surface area (Å²) in [6.07, 6.45) is 1.65. The molecule has 7 heteroatoms. The molecule has 0 aliphatic rings. The van der Waals surface area contributed by atoms with Gasteiger partial charge in [0.15, 0.2) is 5.96 Å². The van der Waals surface area contributed by atoms with Crippen LogP contribution in [0, 0.1) is 0 Å². The lowest BCUT2D eigenvalue weighted by Gasteiger charge is -2.14. The first-order valence-corrected chi connectivity index (χ1v) is 8.88. The first kappa shape index (κ1) is 19.3. The Balaban J connectivity index is 1.56. The summed E-state index contributed by atoms with van der Waals surface area (Å²) in [5.74, 6) is 2.76. The highest BCUT2D eigenvalue weighted by Gasteiger charge is 2.09. The molecule has 3 aromatic rings. The maximum absolute atomic E-state index is 5.56. The number of nitrogens with one attached hydrogen (secondary N) is 2. The average molecular weight is 380 g/mol. The molecule has 0 amide bonds. The zero-order valence-corrected chi connectivity index (χ0v) is 16.2. The minimum Gasteiger partial charge on any atom is -0.497 e. The molecule has 1 aromatic heterocycles. The van der Waals surface area contributed by atoms with Crippen molar-refractivity contribution in [3.05, 3.63) is 66.1 Å². The fraction of sp³-hybridized carbons (Fsp3) is 0.238. The Kier molecular flexibility index (Phi) is 6.51. The second kappa shape index (κ2) is 9.45. The maximum Gasteiger partial charge on any atom is 0.226 e. The predicted molar refractivity (Wildman–Crippen MR) is 109 cm³/mol. The number of nitrogens with zero attached hydrogens (tertiary/aromatic N) is 2. The molecule has 1 heterocycles. The fourth-order valence-electron chi connectivity index (χ4n) is 2.67. The Bertz CT molecular complexity index is 922. The number of aromatic nitrogens is 1. The van der Waals surface area contributed by atoms with Crippen LogP contribution in [0.3, 0.4) is 0 Å². The number of ether oxygens (including phenoxy) is 2.